The van der Waals surface area contributed by atoms with Crippen molar-refractivity contribution in [3.8, 4) is 0 Å². The summed E-state index contributed by atoms with van der Waals surface area (Å²) in [6, 6.07) is 7.57. The molecule has 1 heterocycles. The number of hydrogen-bond donors (Lipinski definition) is 0. The van der Waals surface area contributed by atoms with Gasteiger partial charge in [-0.2, -0.15) is 0 Å². The average Bonchev–Trinajstić information content (AvgIpc) is 2.26. The van der Waals surface area contributed by atoms with Crippen LogP contribution in [-0.2, 0) is 9.47 Å². The highest BCUT2D eigenvalue weighted by Crippen LogP contribution is 2.19. The molecule has 0 aromatic heterocycles. The summed E-state index contributed by atoms with van der Waals surface area (Å²) >= 11 is 5.84. The highest BCUT2D eigenvalue weighted by atomic mass is 35.5. The molecule has 0 spiro atoms. The molecule has 1 unspecified atom stereocenters. The second-order valence-electron chi connectivity index (χ2n) is 3.95. The van der Waals surface area contributed by atoms with Gasteiger partial charge in [0, 0.05) is 10.7 Å². The first-order valence-corrected chi connectivity index (χ1v) is 5.87. The van der Waals surface area contributed by atoms with Crippen LogP contribution in [0.4, 0.5) is 10.5 Å². The lowest BCUT2D eigenvalue weighted by Gasteiger charge is -2.29. The molecular weight excluding hydrogens is 242 g/mol. The first-order chi connectivity index (χ1) is 8.15. The Bertz CT molecular complexity index is 393. The number of hydrogen-bond acceptors (Lipinski definition) is 4. The molecule has 0 bridgehead atoms. The van der Waals surface area contributed by atoms with E-state index in [1.807, 2.05) is 31.2 Å². The van der Waals surface area contributed by atoms with Gasteiger partial charge in [0.25, 0.3) is 0 Å². The second kappa shape index (κ2) is 5.27. The molecule has 4 nitrogen and oxygen atoms in total. The van der Waals surface area contributed by atoms with Crippen LogP contribution in [0.25, 0.3) is 0 Å². The van der Waals surface area contributed by atoms with E-state index in [1.54, 1.807) is 0 Å². The number of rotatable bonds is 1. The summed E-state index contributed by atoms with van der Waals surface area (Å²) in [4.78, 5) is 13.2. The number of halogens is 1. The zero-order chi connectivity index (χ0) is 12.3. The molecule has 2 rings (SSSR count). The largest absolute Gasteiger partial charge is 0.508 e. The fraction of sp³-hybridized carbons (Fsp3) is 0.417. The topological polar surface area (TPSA) is 38.8 Å². The van der Waals surface area contributed by atoms with Gasteiger partial charge in [-0.25, -0.2) is 4.79 Å². The lowest BCUT2D eigenvalue weighted by molar-refractivity contribution is 0.0245. The zero-order valence-corrected chi connectivity index (χ0v) is 10.3. The second-order valence-corrected chi connectivity index (χ2v) is 4.39. The van der Waals surface area contributed by atoms with E-state index in [0.29, 0.717) is 24.7 Å². The van der Waals surface area contributed by atoms with Crippen LogP contribution >= 0.6 is 11.6 Å². The Morgan fingerprint density at radius 3 is 2.76 bits per heavy atom. The van der Waals surface area contributed by atoms with Crippen LogP contribution in [-0.4, -0.2) is 32.0 Å². The summed E-state index contributed by atoms with van der Waals surface area (Å²) in [5, 5.41) is 0.705. The van der Waals surface area contributed by atoms with Crippen molar-refractivity contribution in [2.24, 2.45) is 0 Å². The van der Waals surface area contributed by atoms with E-state index in [-0.39, 0.29) is 6.10 Å². The molecule has 0 amide bonds. The summed E-state index contributed by atoms with van der Waals surface area (Å²) in [7, 11) is 0. The van der Waals surface area contributed by atoms with Crippen LogP contribution in [0.15, 0.2) is 24.3 Å². The van der Waals surface area contributed by atoms with Crippen molar-refractivity contribution in [2.75, 3.05) is 24.6 Å². The third kappa shape index (κ3) is 3.27. The number of anilines is 1. The van der Waals surface area contributed by atoms with Crippen molar-refractivity contribution in [1.29, 1.82) is 0 Å². The third-order valence-electron chi connectivity index (χ3n) is 2.55. The lowest BCUT2D eigenvalue weighted by Crippen LogP contribution is -2.39. The van der Waals surface area contributed by atoms with Gasteiger partial charge in [0.05, 0.1) is 13.1 Å². The normalized spacial score (nSPS) is 21.2. The molecule has 1 fully saturated rings. The van der Waals surface area contributed by atoms with Crippen molar-refractivity contribution in [3.05, 3.63) is 29.3 Å². The number of carbonyl (C=O) groups is 1. The number of nitrogens with zero attached hydrogens (tertiary/aromatic N) is 1. The smallest absolute Gasteiger partial charge is 0.432 e. The number of ether oxygens (including phenoxy) is 2. The first-order valence-electron chi connectivity index (χ1n) is 5.49. The Hall–Kier alpha value is -1.42. The summed E-state index contributed by atoms with van der Waals surface area (Å²) in [5.74, 6) is 0. The molecule has 1 aromatic carbocycles. The first kappa shape index (κ1) is 12.0. The van der Waals surface area contributed by atoms with E-state index in [1.165, 1.54) is 0 Å². The van der Waals surface area contributed by atoms with E-state index >= 15 is 0 Å². The van der Waals surface area contributed by atoms with Gasteiger partial charge < -0.3 is 14.4 Å². The minimum Gasteiger partial charge on any atom is -0.432 e. The Kier molecular flexibility index (Phi) is 3.74. The Morgan fingerprint density at radius 1 is 1.35 bits per heavy atom. The van der Waals surface area contributed by atoms with Crippen LogP contribution in [0.5, 0.6) is 0 Å². The average molecular weight is 256 g/mol. The van der Waals surface area contributed by atoms with E-state index in [2.05, 4.69) is 4.90 Å². The van der Waals surface area contributed by atoms with E-state index < -0.39 is 6.16 Å². The molecule has 17 heavy (non-hydrogen) atoms. The highest BCUT2D eigenvalue weighted by Gasteiger charge is 2.19. The molecule has 0 radical (unpaired) electrons. The van der Waals surface area contributed by atoms with Crippen molar-refractivity contribution in [2.45, 2.75) is 13.0 Å². The van der Waals surface area contributed by atoms with Gasteiger partial charge in [-0.15, -0.1) is 0 Å². The highest BCUT2D eigenvalue weighted by molar-refractivity contribution is 6.30. The Morgan fingerprint density at radius 2 is 2.06 bits per heavy atom. The molecule has 0 N–H and O–H groups in total. The summed E-state index contributed by atoms with van der Waals surface area (Å²) in [6.07, 6.45) is -0.785. The van der Waals surface area contributed by atoms with E-state index in [9.17, 15) is 4.79 Å². The molecule has 0 aliphatic carbocycles. The maximum Gasteiger partial charge on any atom is 0.508 e. The molecule has 1 saturated heterocycles. The number of cyclic esters (lactones) is 2. The van der Waals surface area contributed by atoms with Gasteiger partial charge in [0.2, 0.25) is 0 Å². The zero-order valence-electron chi connectivity index (χ0n) is 9.56. The SMILES string of the molecule is CC1CN(c2ccc(Cl)cc2)CCOC(=O)O1. The summed E-state index contributed by atoms with van der Waals surface area (Å²) in [5.41, 5.74) is 1.04. The van der Waals surface area contributed by atoms with Crippen LogP contribution in [0.1, 0.15) is 6.92 Å². The third-order valence-corrected chi connectivity index (χ3v) is 2.80. The molecule has 0 saturated carbocycles. The molecule has 1 aliphatic heterocycles. The monoisotopic (exact) mass is 255 g/mol. The van der Waals surface area contributed by atoms with Crippen LogP contribution in [0.3, 0.4) is 0 Å². The van der Waals surface area contributed by atoms with Gasteiger partial charge in [-0.1, -0.05) is 11.6 Å². The molecular formula is C12H14ClNO3. The minimum absolute atomic E-state index is 0.196. The fourth-order valence-electron chi connectivity index (χ4n) is 1.76. The Labute approximate surface area is 105 Å². The lowest BCUT2D eigenvalue weighted by atomic mass is 10.2. The Balaban J connectivity index is 2.09. The van der Waals surface area contributed by atoms with E-state index in [0.717, 1.165) is 5.69 Å². The standard InChI is InChI=1S/C12H14ClNO3/c1-9-8-14(6-7-16-12(15)17-9)11-4-2-10(13)3-5-11/h2-5,9H,6-8H2,1H3. The predicted octanol–water partition coefficient (Wildman–Crippen LogP) is 2.70. The maximum atomic E-state index is 11.1. The van der Waals surface area contributed by atoms with Crippen LogP contribution < -0.4 is 4.90 Å². The summed E-state index contributed by atoms with van der Waals surface area (Å²) < 4.78 is 9.94. The van der Waals surface area contributed by atoms with Crippen LogP contribution in [0.2, 0.25) is 5.02 Å². The van der Waals surface area contributed by atoms with Crippen molar-refractivity contribution < 1.29 is 14.3 Å². The fourth-order valence-corrected chi connectivity index (χ4v) is 1.89. The number of carbonyl (C=O) groups excluding carboxylic acids is 1. The van der Waals surface area contributed by atoms with Gasteiger partial charge in [-0.3, -0.25) is 0 Å². The molecule has 1 aliphatic rings. The van der Waals surface area contributed by atoms with Crippen LogP contribution in [0, 0.1) is 0 Å². The van der Waals surface area contributed by atoms with Crippen molar-refractivity contribution in [1.82, 2.24) is 0 Å². The quantitative estimate of drug-likeness (QED) is 0.724. The molecule has 5 heteroatoms. The van der Waals surface area contributed by atoms with Gasteiger partial charge in [0.15, 0.2) is 0 Å². The summed E-state index contributed by atoms with van der Waals surface area (Å²) in [6.45, 7) is 3.47. The van der Waals surface area contributed by atoms with Gasteiger partial charge in [0.1, 0.15) is 12.7 Å². The predicted molar refractivity (Wildman–Crippen MR) is 65.6 cm³/mol. The minimum atomic E-state index is -0.590. The molecule has 1 aromatic rings. The van der Waals surface area contributed by atoms with Gasteiger partial charge >= 0.3 is 6.16 Å². The van der Waals surface area contributed by atoms with Crippen molar-refractivity contribution in [3.63, 3.8) is 0 Å². The van der Waals surface area contributed by atoms with Crippen molar-refractivity contribution >= 4 is 23.4 Å². The van der Waals surface area contributed by atoms with Gasteiger partial charge in [-0.05, 0) is 31.2 Å². The number of benzene rings is 1. The maximum absolute atomic E-state index is 11.1. The molecule has 1 atom stereocenters. The molecule has 92 valence electrons. The van der Waals surface area contributed by atoms with E-state index in [4.69, 9.17) is 21.1 Å².